The third kappa shape index (κ3) is 4.02. The Morgan fingerprint density at radius 2 is 2.17 bits per heavy atom. The molecule has 1 saturated carbocycles. The van der Waals surface area contributed by atoms with Gasteiger partial charge in [0.25, 0.3) is 0 Å². The lowest BCUT2D eigenvalue weighted by Gasteiger charge is -2.18. The van der Waals surface area contributed by atoms with Gasteiger partial charge in [0.15, 0.2) is 0 Å². The van der Waals surface area contributed by atoms with E-state index >= 15 is 0 Å². The van der Waals surface area contributed by atoms with Crippen LogP contribution < -0.4 is 10.1 Å². The molecule has 1 aliphatic carbocycles. The second-order valence-electron chi connectivity index (χ2n) is 5.48. The average Bonchev–Trinajstić information content (AvgIpc) is 3.14. The standard InChI is InChI=1S/C16H25NO/c1-4-5-13(3)18-16-9-6-12(2)10-14(16)11-17-15-7-8-15/h6,9-10,13,15,17H,4-5,7-8,11H2,1-3H3. The molecule has 2 heteroatoms. The summed E-state index contributed by atoms with van der Waals surface area (Å²) in [6.45, 7) is 7.42. The summed E-state index contributed by atoms with van der Waals surface area (Å²) in [5.41, 5.74) is 2.60. The van der Waals surface area contributed by atoms with E-state index in [1.54, 1.807) is 0 Å². The molecule has 100 valence electrons. The molecule has 0 heterocycles. The Morgan fingerprint density at radius 1 is 1.39 bits per heavy atom. The molecule has 18 heavy (non-hydrogen) atoms. The van der Waals surface area contributed by atoms with Gasteiger partial charge >= 0.3 is 0 Å². The number of nitrogens with one attached hydrogen (secondary N) is 1. The first kappa shape index (κ1) is 13.4. The molecule has 0 aliphatic heterocycles. The maximum absolute atomic E-state index is 6.05. The summed E-state index contributed by atoms with van der Waals surface area (Å²) >= 11 is 0. The van der Waals surface area contributed by atoms with Crippen molar-refractivity contribution in [2.45, 2.75) is 65.1 Å². The van der Waals surface area contributed by atoms with Crippen molar-refractivity contribution in [2.75, 3.05) is 0 Å². The number of aryl methyl sites for hydroxylation is 1. The van der Waals surface area contributed by atoms with Gasteiger partial charge in [-0.2, -0.15) is 0 Å². The molecule has 1 aromatic rings. The van der Waals surface area contributed by atoms with Gasteiger partial charge in [-0.05, 0) is 39.2 Å². The molecule has 1 atom stereocenters. The first-order valence-electron chi connectivity index (χ1n) is 7.18. The van der Waals surface area contributed by atoms with Crippen LogP contribution in [0, 0.1) is 6.92 Å². The van der Waals surface area contributed by atoms with E-state index in [0.29, 0.717) is 6.10 Å². The first-order chi connectivity index (χ1) is 8.69. The molecule has 1 fully saturated rings. The molecule has 0 spiro atoms. The fourth-order valence-electron chi connectivity index (χ4n) is 2.19. The van der Waals surface area contributed by atoms with Crippen molar-refractivity contribution >= 4 is 0 Å². The number of rotatable bonds is 7. The van der Waals surface area contributed by atoms with Crippen LogP contribution in [0.4, 0.5) is 0 Å². The van der Waals surface area contributed by atoms with E-state index in [9.17, 15) is 0 Å². The van der Waals surface area contributed by atoms with Crippen LogP contribution >= 0.6 is 0 Å². The fourth-order valence-corrected chi connectivity index (χ4v) is 2.19. The van der Waals surface area contributed by atoms with Crippen molar-refractivity contribution in [3.05, 3.63) is 29.3 Å². The first-order valence-corrected chi connectivity index (χ1v) is 7.18. The summed E-state index contributed by atoms with van der Waals surface area (Å²) in [6, 6.07) is 7.23. The third-order valence-electron chi connectivity index (χ3n) is 3.40. The number of ether oxygens (including phenoxy) is 1. The van der Waals surface area contributed by atoms with Crippen LogP contribution in [0.3, 0.4) is 0 Å². The minimum Gasteiger partial charge on any atom is -0.490 e. The van der Waals surface area contributed by atoms with Crippen LogP contribution in [0.2, 0.25) is 0 Å². The number of hydrogen-bond acceptors (Lipinski definition) is 2. The predicted octanol–water partition coefficient (Wildman–Crippen LogP) is 3.81. The lowest BCUT2D eigenvalue weighted by Crippen LogP contribution is -2.18. The Bertz CT molecular complexity index is 385. The van der Waals surface area contributed by atoms with E-state index in [4.69, 9.17) is 4.74 Å². The van der Waals surface area contributed by atoms with Crippen molar-refractivity contribution in [3.8, 4) is 5.75 Å². The molecule has 1 aromatic carbocycles. The molecule has 1 N–H and O–H groups in total. The molecular formula is C16H25NO. The van der Waals surface area contributed by atoms with Crippen molar-refractivity contribution in [2.24, 2.45) is 0 Å². The lowest BCUT2D eigenvalue weighted by atomic mass is 10.1. The molecule has 0 bridgehead atoms. The van der Waals surface area contributed by atoms with Gasteiger partial charge in [-0.3, -0.25) is 0 Å². The predicted molar refractivity (Wildman–Crippen MR) is 76.0 cm³/mol. The maximum atomic E-state index is 6.05. The van der Waals surface area contributed by atoms with Crippen LogP contribution in [0.1, 0.15) is 50.7 Å². The van der Waals surface area contributed by atoms with Gasteiger partial charge < -0.3 is 10.1 Å². The molecular weight excluding hydrogens is 222 g/mol. The fraction of sp³-hybridized carbons (Fsp3) is 0.625. The molecule has 2 nitrogen and oxygen atoms in total. The van der Waals surface area contributed by atoms with Gasteiger partial charge in [-0.15, -0.1) is 0 Å². The minimum absolute atomic E-state index is 0.303. The van der Waals surface area contributed by atoms with Gasteiger partial charge in [-0.1, -0.05) is 31.0 Å². The minimum atomic E-state index is 0.303. The monoisotopic (exact) mass is 247 g/mol. The van der Waals surface area contributed by atoms with Crippen LogP contribution in [0.25, 0.3) is 0 Å². The van der Waals surface area contributed by atoms with E-state index in [2.05, 4.69) is 44.3 Å². The molecule has 0 amide bonds. The molecule has 0 saturated heterocycles. The highest BCUT2D eigenvalue weighted by molar-refractivity contribution is 5.37. The van der Waals surface area contributed by atoms with Gasteiger partial charge in [0, 0.05) is 18.2 Å². The summed E-state index contributed by atoms with van der Waals surface area (Å²) in [4.78, 5) is 0. The SMILES string of the molecule is CCCC(C)Oc1ccc(C)cc1CNC1CC1. The Kier molecular flexibility index (Phi) is 4.65. The molecule has 1 unspecified atom stereocenters. The summed E-state index contributed by atoms with van der Waals surface area (Å²) in [7, 11) is 0. The maximum Gasteiger partial charge on any atom is 0.124 e. The average molecular weight is 247 g/mol. The van der Waals surface area contributed by atoms with E-state index < -0.39 is 0 Å². The van der Waals surface area contributed by atoms with E-state index in [-0.39, 0.29) is 0 Å². The highest BCUT2D eigenvalue weighted by Crippen LogP contribution is 2.25. The molecule has 0 radical (unpaired) electrons. The second-order valence-corrected chi connectivity index (χ2v) is 5.48. The zero-order valence-corrected chi connectivity index (χ0v) is 11.8. The van der Waals surface area contributed by atoms with Gasteiger partial charge in [0.05, 0.1) is 6.10 Å². The Morgan fingerprint density at radius 3 is 2.83 bits per heavy atom. The van der Waals surface area contributed by atoms with Gasteiger partial charge in [-0.25, -0.2) is 0 Å². The topological polar surface area (TPSA) is 21.3 Å². The zero-order chi connectivity index (χ0) is 13.0. The molecule has 0 aromatic heterocycles. The van der Waals surface area contributed by atoms with Crippen LogP contribution in [0.15, 0.2) is 18.2 Å². The smallest absolute Gasteiger partial charge is 0.124 e. The van der Waals surface area contributed by atoms with Crippen LogP contribution in [-0.4, -0.2) is 12.1 Å². The largest absolute Gasteiger partial charge is 0.490 e. The van der Waals surface area contributed by atoms with E-state index in [1.165, 1.54) is 30.4 Å². The Labute approximate surface area is 111 Å². The van der Waals surface area contributed by atoms with E-state index in [0.717, 1.165) is 24.8 Å². The zero-order valence-electron chi connectivity index (χ0n) is 11.8. The highest BCUT2D eigenvalue weighted by Gasteiger charge is 2.20. The van der Waals surface area contributed by atoms with Crippen LogP contribution in [-0.2, 0) is 6.54 Å². The summed E-state index contributed by atoms with van der Waals surface area (Å²) in [6.07, 6.45) is 5.24. The van der Waals surface area contributed by atoms with Crippen molar-refractivity contribution in [3.63, 3.8) is 0 Å². The number of hydrogen-bond donors (Lipinski definition) is 1. The number of benzene rings is 1. The van der Waals surface area contributed by atoms with Crippen molar-refractivity contribution in [1.29, 1.82) is 0 Å². The summed E-state index contributed by atoms with van der Waals surface area (Å²) < 4.78 is 6.05. The lowest BCUT2D eigenvalue weighted by molar-refractivity contribution is 0.207. The third-order valence-corrected chi connectivity index (χ3v) is 3.40. The van der Waals surface area contributed by atoms with Crippen LogP contribution in [0.5, 0.6) is 5.75 Å². The molecule has 1 aliphatic rings. The summed E-state index contributed by atoms with van der Waals surface area (Å²) in [5, 5.41) is 3.57. The second kappa shape index (κ2) is 6.24. The van der Waals surface area contributed by atoms with Gasteiger partial charge in [0.2, 0.25) is 0 Å². The normalized spacial score (nSPS) is 16.6. The molecule has 2 rings (SSSR count). The van der Waals surface area contributed by atoms with E-state index in [1.807, 2.05) is 0 Å². The van der Waals surface area contributed by atoms with Crippen molar-refractivity contribution in [1.82, 2.24) is 5.32 Å². The van der Waals surface area contributed by atoms with Crippen molar-refractivity contribution < 1.29 is 4.74 Å². The quantitative estimate of drug-likeness (QED) is 0.791. The Hall–Kier alpha value is -1.02. The Balaban J connectivity index is 2.01. The summed E-state index contributed by atoms with van der Waals surface area (Å²) in [5.74, 6) is 1.05. The van der Waals surface area contributed by atoms with Gasteiger partial charge in [0.1, 0.15) is 5.75 Å². The highest BCUT2D eigenvalue weighted by atomic mass is 16.5.